The molecule has 0 saturated heterocycles. The number of nitrogens with zero attached hydrogens (tertiary/aromatic N) is 1. The second-order valence-corrected chi connectivity index (χ2v) is 5.40. The predicted molar refractivity (Wildman–Crippen MR) is 91.5 cm³/mol. The van der Waals surface area contributed by atoms with Crippen LogP contribution in [0.4, 0.5) is 0 Å². The van der Waals surface area contributed by atoms with Crippen LogP contribution in [0.1, 0.15) is 29.1 Å². The van der Waals surface area contributed by atoms with Gasteiger partial charge in [0.2, 0.25) is 0 Å². The molecule has 1 amide bonds. The van der Waals surface area contributed by atoms with E-state index >= 15 is 0 Å². The van der Waals surface area contributed by atoms with Crippen molar-refractivity contribution in [2.24, 2.45) is 0 Å². The molecule has 0 radical (unpaired) electrons. The number of aromatic nitrogens is 2. The number of nitrogens with one attached hydrogen (secondary N) is 2. The number of benzene rings is 2. The fourth-order valence-electron chi connectivity index (χ4n) is 2.51. The molecule has 1 atom stereocenters. The number of carbonyl (C=O) groups excluding carboxylic acids is 1. The molecule has 1 heterocycles. The maximum absolute atomic E-state index is 12.6. The number of H-pyrrole nitrogens is 1. The van der Waals surface area contributed by atoms with E-state index in [0.717, 1.165) is 11.0 Å². The summed E-state index contributed by atoms with van der Waals surface area (Å²) in [6.07, 6.45) is 0. The topological polar surface area (TPSA) is 76.2 Å². The van der Waals surface area contributed by atoms with E-state index < -0.39 is 0 Å². The molecule has 0 fully saturated rings. The van der Waals surface area contributed by atoms with Gasteiger partial charge in [0.25, 0.3) is 5.91 Å². The van der Waals surface area contributed by atoms with E-state index in [2.05, 4.69) is 15.3 Å². The molecule has 2 aromatic carbocycles. The van der Waals surface area contributed by atoms with Crippen LogP contribution in [-0.2, 0) is 0 Å². The summed E-state index contributed by atoms with van der Waals surface area (Å²) >= 11 is 0. The second-order valence-electron chi connectivity index (χ2n) is 5.40. The van der Waals surface area contributed by atoms with E-state index in [9.17, 15) is 4.79 Å². The third-order valence-corrected chi connectivity index (χ3v) is 3.82. The molecule has 3 aromatic rings. The van der Waals surface area contributed by atoms with Gasteiger partial charge in [0.05, 0.1) is 36.9 Å². The lowest BCUT2D eigenvalue weighted by molar-refractivity contribution is 0.0935. The highest BCUT2D eigenvalue weighted by molar-refractivity contribution is 5.97. The van der Waals surface area contributed by atoms with Crippen molar-refractivity contribution in [3.8, 4) is 11.5 Å². The van der Waals surface area contributed by atoms with Crippen LogP contribution in [0.25, 0.3) is 11.0 Å². The number of imidazole rings is 1. The summed E-state index contributed by atoms with van der Waals surface area (Å²) < 4.78 is 10.4. The molecular weight excluding hydrogens is 306 g/mol. The fourth-order valence-corrected chi connectivity index (χ4v) is 2.51. The Kier molecular flexibility index (Phi) is 4.37. The van der Waals surface area contributed by atoms with Gasteiger partial charge in [-0.1, -0.05) is 12.1 Å². The number of amides is 1. The Morgan fingerprint density at radius 3 is 2.67 bits per heavy atom. The van der Waals surface area contributed by atoms with E-state index in [0.29, 0.717) is 22.9 Å². The second kappa shape index (κ2) is 6.62. The minimum absolute atomic E-state index is 0.251. The Hall–Kier alpha value is -3.02. The molecule has 3 rings (SSSR count). The number of aromatic amines is 1. The van der Waals surface area contributed by atoms with Gasteiger partial charge >= 0.3 is 0 Å². The first-order chi connectivity index (χ1) is 11.6. The van der Waals surface area contributed by atoms with Crippen molar-refractivity contribution in [1.29, 1.82) is 0 Å². The molecule has 6 heteroatoms. The Labute approximate surface area is 139 Å². The number of hydrogen-bond acceptors (Lipinski definition) is 4. The fraction of sp³-hybridized carbons (Fsp3) is 0.222. The van der Waals surface area contributed by atoms with E-state index in [-0.39, 0.29) is 11.9 Å². The summed E-state index contributed by atoms with van der Waals surface area (Å²) in [7, 11) is 3.09. The number of fused-ring (bicyclic) bond motifs is 1. The molecule has 2 N–H and O–H groups in total. The van der Waals surface area contributed by atoms with Gasteiger partial charge < -0.3 is 19.8 Å². The van der Waals surface area contributed by atoms with E-state index in [4.69, 9.17) is 9.47 Å². The molecule has 1 unspecified atom stereocenters. The zero-order valence-electron chi connectivity index (χ0n) is 13.8. The number of para-hydroxylation sites is 2. The van der Waals surface area contributed by atoms with Gasteiger partial charge in [-0.15, -0.1) is 0 Å². The van der Waals surface area contributed by atoms with Crippen molar-refractivity contribution in [2.75, 3.05) is 14.2 Å². The Morgan fingerprint density at radius 1 is 1.17 bits per heavy atom. The zero-order chi connectivity index (χ0) is 17.1. The lowest BCUT2D eigenvalue weighted by Gasteiger charge is -2.14. The summed E-state index contributed by atoms with van der Waals surface area (Å²) in [6, 6.07) is 12.6. The van der Waals surface area contributed by atoms with Gasteiger partial charge in [0, 0.05) is 0 Å². The van der Waals surface area contributed by atoms with E-state index in [1.165, 1.54) is 7.11 Å². The third-order valence-electron chi connectivity index (χ3n) is 3.82. The van der Waals surface area contributed by atoms with E-state index in [1.54, 1.807) is 25.3 Å². The van der Waals surface area contributed by atoms with Crippen LogP contribution in [0.3, 0.4) is 0 Å². The summed E-state index contributed by atoms with van der Waals surface area (Å²) in [6.45, 7) is 1.88. The first-order valence-corrected chi connectivity index (χ1v) is 7.60. The molecular formula is C18H19N3O3. The highest BCUT2D eigenvalue weighted by atomic mass is 16.5. The van der Waals surface area contributed by atoms with Gasteiger partial charge in [-0.05, 0) is 37.3 Å². The number of carbonyl (C=O) groups is 1. The van der Waals surface area contributed by atoms with Crippen molar-refractivity contribution in [3.05, 3.63) is 53.9 Å². The highest BCUT2D eigenvalue weighted by Crippen LogP contribution is 2.25. The summed E-state index contributed by atoms with van der Waals surface area (Å²) in [4.78, 5) is 20.3. The molecule has 24 heavy (non-hydrogen) atoms. The number of rotatable bonds is 5. The molecule has 1 aromatic heterocycles. The summed E-state index contributed by atoms with van der Waals surface area (Å²) in [5.74, 6) is 1.53. The Balaban J connectivity index is 1.83. The molecule has 124 valence electrons. The lowest BCUT2D eigenvalue weighted by Crippen LogP contribution is -2.27. The van der Waals surface area contributed by atoms with Gasteiger partial charge in [-0.25, -0.2) is 4.98 Å². The van der Waals surface area contributed by atoms with Crippen molar-refractivity contribution in [1.82, 2.24) is 15.3 Å². The molecule has 0 aliphatic rings. The molecule has 0 bridgehead atoms. The minimum Gasteiger partial charge on any atom is -0.497 e. The smallest absolute Gasteiger partial charge is 0.255 e. The zero-order valence-corrected chi connectivity index (χ0v) is 13.8. The van der Waals surface area contributed by atoms with Crippen LogP contribution in [0.15, 0.2) is 42.5 Å². The number of methoxy groups -OCH3 is 2. The normalized spacial score (nSPS) is 12.0. The van der Waals surface area contributed by atoms with Gasteiger partial charge in [-0.2, -0.15) is 0 Å². The average Bonchev–Trinajstić information content (AvgIpc) is 3.05. The third kappa shape index (κ3) is 3.03. The van der Waals surface area contributed by atoms with Gasteiger partial charge in [0.1, 0.15) is 17.3 Å². The highest BCUT2D eigenvalue weighted by Gasteiger charge is 2.18. The standard InChI is InChI=1S/C18H19N3O3/c1-11(17-20-14-6-4-5-7-15(14)21-17)19-18(22)13-10-12(23-2)8-9-16(13)24-3/h4-11H,1-3H3,(H,19,22)(H,20,21). The Bertz CT molecular complexity index is 840. The number of ether oxygens (including phenoxy) is 2. The largest absolute Gasteiger partial charge is 0.497 e. The molecule has 0 aliphatic heterocycles. The molecule has 0 aliphatic carbocycles. The van der Waals surface area contributed by atoms with Crippen molar-refractivity contribution >= 4 is 16.9 Å². The first-order valence-electron chi connectivity index (χ1n) is 7.60. The van der Waals surface area contributed by atoms with E-state index in [1.807, 2.05) is 31.2 Å². The molecule has 0 saturated carbocycles. The molecule has 0 spiro atoms. The van der Waals surface area contributed by atoms with Crippen LogP contribution in [-0.4, -0.2) is 30.1 Å². The maximum Gasteiger partial charge on any atom is 0.255 e. The predicted octanol–water partition coefficient (Wildman–Crippen LogP) is 3.07. The van der Waals surface area contributed by atoms with Crippen LogP contribution < -0.4 is 14.8 Å². The van der Waals surface area contributed by atoms with Gasteiger partial charge in [-0.3, -0.25) is 4.79 Å². The monoisotopic (exact) mass is 325 g/mol. The summed E-state index contributed by atoms with van der Waals surface area (Å²) in [5, 5.41) is 2.93. The SMILES string of the molecule is COc1ccc(OC)c(C(=O)NC(C)c2nc3ccccc3[nH]2)c1. The summed E-state index contributed by atoms with van der Waals surface area (Å²) in [5.41, 5.74) is 2.22. The van der Waals surface area contributed by atoms with Crippen molar-refractivity contribution in [2.45, 2.75) is 13.0 Å². The van der Waals surface area contributed by atoms with Gasteiger partial charge in [0.15, 0.2) is 0 Å². The van der Waals surface area contributed by atoms with Crippen molar-refractivity contribution < 1.29 is 14.3 Å². The van der Waals surface area contributed by atoms with Crippen LogP contribution >= 0.6 is 0 Å². The first kappa shape index (κ1) is 15.9. The minimum atomic E-state index is -0.277. The van der Waals surface area contributed by atoms with Crippen LogP contribution in [0.5, 0.6) is 11.5 Å². The lowest BCUT2D eigenvalue weighted by atomic mass is 10.1. The Morgan fingerprint density at radius 2 is 1.96 bits per heavy atom. The van der Waals surface area contributed by atoms with Crippen molar-refractivity contribution in [3.63, 3.8) is 0 Å². The van der Waals surface area contributed by atoms with Crippen LogP contribution in [0.2, 0.25) is 0 Å². The number of hydrogen-bond donors (Lipinski definition) is 2. The molecule has 6 nitrogen and oxygen atoms in total. The maximum atomic E-state index is 12.6. The van der Waals surface area contributed by atoms with Crippen LogP contribution in [0, 0.1) is 0 Å². The quantitative estimate of drug-likeness (QED) is 0.756. The average molecular weight is 325 g/mol.